The molecule has 1 atom stereocenters. The molecule has 0 saturated carbocycles. The second-order valence-corrected chi connectivity index (χ2v) is 8.60. The van der Waals surface area contributed by atoms with Gasteiger partial charge in [0.05, 0.1) is 22.4 Å². The van der Waals surface area contributed by atoms with Crippen LogP contribution in [-0.4, -0.2) is 44.1 Å². The predicted octanol–water partition coefficient (Wildman–Crippen LogP) is 3.65. The summed E-state index contributed by atoms with van der Waals surface area (Å²) in [4.78, 5) is 23.8. The molecule has 29 heavy (non-hydrogen) atoms. The number of benzene rings is 1. The van der Waals surface area contributed by atoms with Gasteiger partial charge in [0, 0.05) is 30.2 Å². The van der Waals surface area contributed by atoms with Gasteiger partial charge in [0.25, 0.3) is 0 Å². The van der Waals surface area contributed by atoms with Crippen molar-refractivity contribution in [2.24, 2.45) is 5.92 Å². The number of imidazole rings is 1. The molecule has 6 nitrogen and oxygen atoms in total. The van der Waals surface area contributed by atoms with Crippen molar-refractivity contribution in [2.45, 2.75) is 19.4 Å². The molecule has 1 unspecified atom stereocenters. The highest BCUT2D eigenvalue weighted by Gasteiger charge is 2.18. The average molecular weight is 406 g/mol. The largest absolute Gasteiger partial charge is 0.348 e. The highest BCUT2D eigenvalue weighted by molar-refractivity contribution is 7.08. The molecule has 3 aromatic heterocycles. The molecule has 7 heteroatoms. The summed E-state index contributed by atoms with van der Waals surface area (Å²) < 4.78 is 3.82. The van der Waals surface area contributed by atoms with E-state index in [-0.39, 0.29) is 5.69 Å². The zero-order valence-electron chi connectivity index (χ0n) is 16.4. The summed E-state index contributed by atoms with van der Waals surface area (Å²) in [5.74, 6) is 0.511. The first-order valence-corrected chi connectivity index (χ1v) is 10.9. The van der Waals surface area contributed by atoms with Crippen LogP contribution >= 0.6 is 11.3 Å². The molecule has 1 aromatic carbocycles. The van der Waals surface area contributed by atoms with Crippen LogP contribution in [0.1, 0.15) is 12.8 Å². The van der Waals surface area contributed by atoms with Crippen molar-refractivity contribution >= 4 is 22.4 Å². The zero-order valence-corrected chi connectivity index (χ0v) is 17.2. The molecule has 0 spiro atoms. The van der Waals surface area contributed by atoms with Crippen molar-refractivity contribution in [1.29, 1.82) is 0 Å². The Kier molecular flexibility index (Phi) is 4.77. The minimum absolute atomic E-state index is 0.181. The van der Waals surface area contributed by atoms with Crippen LogP contribution in [-0.2, 0) is 6.54 Å². The minimum atomic E-state index is -0.181. The number of rotatable bonds is 4. The van der Waals surface area contributed by atoms with E-state index in [0.29, 0.717) is 11.6 Å². The highest BCUT2D eigenvalue weighted by atomic mass is 32.1. The molecule has 4 aromatic rings. The van der Waals surface area contributed by atoms with E-state index in [1.165, 1.54) is 12.8 Å². The quantitative estimate of drug-likeness (QED) is 0.520. The van der Waals surface area contributed by atoms with Crippen molar-refractivity contribution in [2.75, 3.05) is 20.1 Å². The van der Waals surface area contributed by atoms with Gasteiger partial charge in [-0.2, -0.15) is 16.3 Å². The standard InChI is InChI=1S/C22H23N5OS/c1-25-8-2-3-16(12-25)13-26-9-6-19(24-22(26)28)17-4-5-21-20(11-17)23-15-27(21)18-7-10-29-14-18/h4-7,9-11,14-16H,2-3,8,12-13H2,1H3. The van der Waals surface area contributed by atoms with Gasteiger partial charge < -0.3 is 4.90 Å². The monoisotopic (exact) mass is 405 g/mol. The Bertz CT molecular complexity index is 1190. The Hall–Kier alpha value is -2.77. The van der Waals surface area contributed by atoms with Crippen LogP contribution in [0.5, 0.6) is 0 Å². The van der Waals surface area contributed by atoms with Crippen LogP contribution in [0.3, 0.4) is 0 Å². The lowest BCUT2D eigenvalue weighted by atomic mass is 9.98. The number of nitrogens with zero attached hydrogens (tertiary/aromatic N) is 5. The first-order valence-electron chi connectivity index (χ1n) is 9.93. The fraction of sp³-hybridized carbons (Fsp3) is 0.318. The summed E-state index contributed by atoms with van der Waals surface area (Å²) in [5.41, 5.74) is 4.47. The van der Waals surface area contributed by atoms with Crippen molar-refractivity contribution < 1.29 is 0 Å². The van der Waals surface area contributed by atoms with Crippen LogP contribution in [0.25, 0.3) is 28.0 Å². The second-order valence-electron chi connectivity index (χ2n) is 7.82. The highest BCUT2D eigenvalue weighted by Crippen LogP contribution is 2.25. The first-order chi connectivity index (χ1) is 14.2. The van der Waals surface area contributed by atoms with E-state index in [0.717, 1.165) is 41.9 Å². The van der Waals surface area contributed by atoms with Crippen molar-refractivity contribution in [3.63, 3.8) is 0 Å². The van der Waals surface area contributed by atoms with Crippen molar-refractivity contribution in [3.05, 3.63) is 64.1 Å². The first kappa shape index (κ1) is 18.3. The fourth-order valence-corrected chi connectivity index (χ4v) is 4.83. The molecule has 1 aliphatic rings. The summed E-state index contributed by atoms with van der Waals surface area (Å²) in [7, 11) is 2.14. The number of hydrogen-bond donors (Lipinski definition) is 0. The van der Waals surface area contributed by atoms with Gasteiger partial charge in [-0.05, 0) is 62.0 Å². The lowest BCUT2D eigenvalue weighted by molar-refractivity contribution is 0.193. The lowest BCUT2D eigenvalue weighted by Crippen LogP contribution is -2.36. The summed E-state index contributed by atoms with van der Waals surface area (Å²) >= 11 is 1.66. The Morgan fingerprint density at radius 3 is 2.97 bits per heavy atom. The third-order valence-electron chi connectivity index (χ3n) is 5.68. The maximum Gasteiger partial charge on any atom is 0.348 e. The van der Waals surface area contributed by atoms with Crippen molar-refractivity contribution in [1.82, 2.24) is 24.0 Å². The van der Waals surface area contributed by atoms with Crippen LogP contribution in [0.15, 0.2) is 58.4 Å². The van der Waals surface area contributed by atoms with Crippen LogP contribution < -0.4 is 5.69 Å². The fourth-order valence-electron chi connectivity index (χ4n) is 4.20. The maximum atomic E-state index is 12.6. The van der Waals surface area contributed by atoms with Gasteiger partial charge in [0.15, 0.2) is 0 Å². The number of piperidine rings is 1. The third-order valence-corrected chi connectivity index (χ3v) is 6.35. The Balaban J connectivity index is 1.41. The molecule has 0 bridgehead atoms. The zero-order chi connectivity index (χ0) is 19.8. The smallest absolute Gasteiger partial charge is 0.306 e. The molecule has 0 amide bonds. The van der Waals surface area contributed by atoms with Gasteiger partial charge in [0.1, 0.15) is 6.33 Å². The van der Waals surface area contributed by atoms with Gasteiger partial charge in [0.2, 0.25) is 0 Å². The average Bonchev–Trinajstić information content (AvgIpc) is 3.38. The number of hydrogen-bond acceptors (Lipinski definition) is 5. The number of aromatic nitrogens is 4. The van der Waals surface area contributed by atoms with E-state index in [1.807, 2.05) is 36.8 Å². The van der Waals surface area contributed by atoms with Crippen molar-refractivity contribution in [3.8, 4) is 16.9 Å². The summed E-state index contributed by atoms with van der Waals surface area (Å²) in [5, 5.41) is 4.15. The molecule has 1 saturated heterocycles. The lowest BCUT2D eigenvalue weighted by Gasteiger charge is -2.29. The molecule has 4 heterocycles. The van der Waals surface area contributed by atoms with E-state index >= 15 is 0 Å². The molecular formula is C22H23N5OS. The van der Waals surface area contributed by atoms with Gasteiger partial charge in [-0.25, -0.2) is 9.78 Å². The van der Waals surface area contributed by atoms with Crippen LogP contribution in [0.4, 0.5) is 0 Å². The number of thiophene rings is 1. The number of fused-ring (bicyclic) bond motifs is 1. The minimum Gasteiger partial charge on any atom is -0.306 e. The van der Waals surface area contributed by atoms with Crippen LogP contribution in [0, 0.1) is 5.92 Å². The molecule has 1 aliphatic heterocycles. The molecule has 0 aliphatic carbocycles. The Morgan fingerprint density at radius 2 is 2.17 bits per heavy atom. The van der Waals surface area contributed by atoms with Gasteiger partial charge in [-0.3, -0.25) is 9.13 Å². The van der Waals surface area contributed by atoms with Gasteiger partial charge >= 0.3 is 5.69 Å². The molecule has 5 rings (SSSR count). The molecule has 0 N–H and O–H groups in total. The topological polar surface area (TPSA) is 56.0 Å². The maximum absolute atomic E-state index is 12.6. The Labute approximate surface area is 173 Å². The normalized spacial score (nSPS) is 17.8. The summed E-state index contributed by atoms with van der Waals surface area (Å²) in [6.45, 7) is 2.92. The predicted molar refractivity (Wildman–Crippen MR) is 117 cm³/mol. The van der Waals surface area contributed by atoms with E-state index in [2.05, 4.69) is 43.3 Å². The molecule has 0 radical (unpaired) electrons. The molecule has 1 fully saturated rings. The summed E-state index contributed by atoms with van der Waals surface area (Å²) in [6, 6.07) is 10.1. The van der Waals surface area contributed by atoms with E-state index in [9.17, 15) is 4.79 Å². The van der Waals surface area contributed by atoms with E-state index < -0.39 is 0 Å². The molecule has 148 valence electrons. The SMILES string of the molecule is CN1CCCC(Cn2ccc(-c3ccc4c(c3)ncn4-c3ccsc3)nc2=O)C1. The summed E-state index contributed by atoms with van der Waals surface area (Å²) in [6.07, 6.45) is 6.08. The van der Waals surface area contributed by atoms with E-state index in [4.69, 9.17) is 0 Å². The Morgan fingerprint density at radius 1 is 1.24 bits per heavy atom. The number of likely N-dealkylation sites (tertiary alicyclic amines) is 1. The second kappa shape index (κ2) is 7.57. The van der Waals surface area contributed by atoms with Gasteiger partial charge in [-0.1, -0.05) is 6.07 Å². The van der Waals surface area contributed by atoms with Crippen LogP contribution in [0.2, 0.25) is 0 Å². The van der Waals surface area contributed by atoms with Gasteiger partial charge in [-0.15, -0.1) is 0 Å². The third kappa shape index (κ3) is 3.63. The van der Waals surface area contributed by atoms with E-state index in [1.54, 1.807) is 15.9 Å². The molecular weight excluding hydrogens is 382 g/mol.